The Kier molecular flexibility index (Phi) is 7.61. The molecule has 0 bridgehead atoms. The van der Waals surface area contributed by atoms with Gasteiger partial charge >= 0.3 is 0 Å². The van der Waals surface area contributed by atoms with Gasteiger partial charge in [0.25, 0.3) is 0 Å². The molecule has 1 fully saturated rings. The smallest absolute Gasteiger partial charge is 0.232 e. The molecule has 106 valence electrons. The third-order valence-electron chi connectivity index (χ3n) is 2.87. The molecule has 1 amide bonds. The first-order chi connectivity index (χ1) is 8.75. The van der Waals surface area contributed by atoms with Crippen LogP contribution in [0.2, 0.25) is 5.02 Å². The fourth-order valence-corrected chi connectivity index (χ4v) is 2.79. The maximum atomic E-state index is 12.0. The number of amides is 1. The van der Waals surface area contributed by atoms with E-state index in [0.29, 0.717) is 5.75 Å². The van der Waals surface area contributed by atoms with Crippen molar-refractivity contribution in [2.24, 2.45) is 0 Å². The summed E-state index contributed by atoms with van der Waals surface area (Å²) < 4.78 is 0. The Morgan fingerprint density at radius 1 is 1.26 bits per heavy atom. The molecule has 3 nitrogen and oxygen atoms in total. The van der Waals surface area contributed by atoms with E-state index in [1.165, 1.54) is 0 Å². The van der Waals surface area contributed by atoms with Gasteiger partial charge in [-0.3, -0.25) is 4.79 Å². The molecule has 1 N–H and O–H groups in total. The van der Waals surface area contributed by atoms with Crippen molar-refractivity contribution in [2.45, 2.75) is 11.3 Å². The van der Waals surface area contributed by atoms with Gasteiger partial charge < -0.3 is 10.2 Å². The molecule has 1 aliphatic heterocycles. The maximum Gasteiger partial charge on any atom is 0.232 e. The Morgan fingerprint density at radius 3 is 2.74 bits per heavy atom. The first-order valence-electron chi connectivity index (χ1n) is 6.12. The quantitative estimate of drug-likeness (QED) is 0.869. The zero-order valence-electron chi connectivity index (χ0n) is 10.6. The summed E-state index contributed by atoms with van der Waals surface area (Å²) in [6, 6.07) is 7.60. The average Bonchev–Trinajstić information content (AvgIpc) is 2.66. The number of thioether (sulfide) groups is 1. The van der Waals surface area contributed by atoms with Crippen molar-refractivity contribution in [1.29, 1.82) is 0 Å². The molecule has 0 saturated carbocycles. The van der Waals surface area contributed by atoms with Crippen LogP contribution >= 0.6 is 35.8 Å². The monoisotopic (exact) mass is 320 g/mol. The van der Waals surface area contributed by atoms with Crippen molar-refractivity contribution in [2.75, 3.05) is 31.9 Å². The molecule has 0 aliphatic carbocycles. The lowest BCUT2D eigenvalue weighted by Gasteiger charge is -2.19. The summed E-state index contributed by atoms with van der Waals surface area (Å²) in [5.74, 6) is 0.723. The van der Waals surface area contributed by atoms with Crippen molar-refractivity contribution in [1.82, 2.24) is 10.2 Å². The lowest BCUT2D eigenvalue weighted by Crippen LogP contribution is -2.35. The standard InChI is InChI=1S/C13H17ClN2OS.ClH/c14-11-2-4-12(5-3-11)18-10-13(17)16-8-1-6-15-7-9-16;/h2-5,15H,1,6-10H2;1H. The predicted octanol–water partition coefficient (Wildman–Crippen LogP) is 2.68. The first kappa shape index (κ1) is 16.6. The molecule has 2 rings (SSSR count). The second-order valence-electron chi connectivity index (χ2n) is 4.23. The molecule has 1 saturated heterocycles. The van der Waals surface area contributed by atoms with Crippen molar-refractivity contribution in [3.8, 4) is 0 Å². The van der Waals surface area contributed by atoms with E-state index < -0.39 is 0 Å². The Hall–Kier alpha value is -0.420. The predicted molar refractivity (Wildman–Crippen MR) is 83.5 cm³/mol. The molecule has 0 unspecified atom stereocenters. The van der Waals surface area contributed by atoms with Gasteiger partial charge in [0, 0.05) is 29.6 Å². The minimum absolute atomic E-state index is 0. The lowest BCUT2D eigenvalue weighted by molar-refractivity contribution is -0.128. The summed E-state index contributed by atoms with van der Waals surface area (Å²) >= 11 is 7.39. The molecule has 0 radical (unpaired) electrons. The number of halogens is 2. The molecule has 1 aliphatic rings. The molecule has 19 heavy (non-hydrogen) atoms. The summed E-state index contributed by atoms with van der Waals surface area (Å²) in [5.41, 5.74) is 0. The zero-order valence-corrected chi connectivity index (χ0v) is 13.0. The zero-order chi connectivity index (χ0) is 12.8. The maximum absolute atomic E-state index is 12.0. The average molecular weight is 321 g/mol. The van der Waals surface area contributed by atoms with Gasteiger partial charge in [0.15, 0.2) is 0 Å². The minimum Gasteiger partial charge on any atom is -0.341 e. The highest BCUT2D eigenvalue weighted by Crippen LogP contribution is 2.20. The van der Waals surface area contributed by atoms with Crippen LogP contribution in [0, 0.1) is 0 Å². The number of carbonyl (C=O) groups excluding carboxylic acids is 1. The van der Waals surface area contributed by atoms with Gasteiger partial charge in [-0.15, -0.1) is 24.2 Å². The highest BCUT2D eigenvalue weighted by molar-refractivity contribution is 8.00. The van der Waals surface area contributed by atoms with E-state index >= 15 is 0 Å². The molecular weight excluding hydrogens is 303 g/mol. The summed E-state index contributed by atoms with van der Waals surface area (Å²) in [6.07, 6.45) is 1.04. The number of nitrogens with one attached hydrogen (secondary N) is 1. The molecule has 0 aromatic heterocycles. The van der Waals surface area contributed by atoms with E-state index in [2.05, 4.69) is 5.32 Å². The summed E-state index contributed by atoms with van der Waals surface area (Å²) in [5, 5.41) is 4.02. The van der Waals surface area contributed by atoms with E-state index in [0.717, 1.165) is 42.5 Å². The number of hydrogen-bond donors (Lipinski definition) is 1. The third-order valence-corrected chi connectivity index (χ3v) is 4.12. The van der Waals surface area contributed by atoms with E-state index in [1.807, 2.05) is 29.2 Å². The summed E-state index contributed by atoms with van der Waals surface area (Å²) in [4.78, 5) is 15.1. The Bertz CT molecular complexity index is 392. The van der Waals surface area contributed by atoms with Crippen LogP contribution in [0.3, 0.4) is 0 Å². The van der Waals surface area contributed by atoms with Crippen LogP contribution in [0.1, 0.15) is 6.42 Å². The van der Waals surface area contributed by atoms with Crippen molar-refractivity contribution < 1.29 is 4.79 Å². The van der Waals surface area contributed by atoms with Crippen LogP contribution in [0.25, 0.3) is 0 Å². The largest absolute Gasteiger partial charge is 0.341 e. The van der Waals surface area contributed by atoms with Crippen molar-refractivity contribution in [3.05, 3.63) is 29.3 Å². The van der Waals surface area contributed by atoms with Crippen molar-refractivity contribution >= 4 is 41.7 Å². The minimum atomic E-state index is 0. The third kappa shape index (κ3) is 5.61. The van der Waals surface area contributed by atoms with E-state index in [-0.39, 0.29) is 18.3 Å². The second-order valence-corrected chi connectivity index (χ2v) is 5.71. The summed E-state index contributed by atoms with van der Waals surface area (Å²) in [6.45, 7) is 3.60. The van der Waals surface area contributed by atoms with Crippen LogP contribution in [0.4, 0.5) is 0 Å². The topological polar surface area (TPSA) is 32.3 Å². The van der Waals surface area contributed by atoms with Crippen LogP contribution < -0.4 is 5.32 Å². The molecule has 1 aromatic carbocycles. The van der Waals surface area contributed by atoms with Gasteiger partial charge in [-0.2, -0.15) is 0 Å². The first-order valence-corrected chi connectivity index (χ1v) is 7.49. The fraction of sp³-hybridized carbons (Fsp3) is 0.462. The van der Waals surface area contributed by atoms with Crippen molar-refractivity contribution in [3.63, 3.8) is 0 Å². The van der Waals surface area contributed by atoms with Gasteiger partial charge in [-0.1, -0.05) is 11.6 Å². The van der Waals surface area contributed by atoms with Crippen LogP contribution in [0.15, 0.2) is 29.2 Å². The fourth-order valence-electron chi connectivity index (χ4n) is 1.86. The summed E-state index contributed by atoms with van der Waals surface area (Å²) in [7, 11) is 0. The van der Waals surface area contributed by atoms with Crippen LogP contribution in [0.5, 0.6) is 0 Å². The molecule has 0 spiro atoms. The second kappa shape index (κ2) is 8.69. The Labute approximate surface area is 129 Å². The Balaban J connectivity index is 0.00000180. The lowest BCUT2D eigenvalue weighted by atomic mass is 10.4. The normalized spacial score (nSPS) is 15.5. The molecular formula is C13H18Cl2N2OS. The van der Waals surface area contributed by atoms with Gasteiger partial charge in [0.1, 0.15) is 0 Å². The van der Waals surface area contributed by atoms with E-state index in [1.54, 1.807) is 11.8 Å². The number of hydrogen-bond acceptors (Lipinski definition) is 3. The molecule has 6 heteroatoms. The highest BCUT2D eigenvalue weighted by atomic mass is 35.5. The van der Waals surface area contributed by atoms with Gasteiger partial charge in [0.05, 0.1) is 5.75 Å². The number of carbonyl (C=O) groups is 1. The van der Waals surface area contributed by atoms with Gasteiger partial charge in [0.2, 0.25) is 5.91 Å². The van der Waals surface area contributed by atoms with Crippen LogP contribution in [-0.4, -0.2) is 42.7 Å². The van der Waals surface area contributed by atoms with E-state index in [4.69, 9.17) is 11.6 Å². The molecule has 1 aromatic rings. The Morgan fingerprint density at radius 2 is 2.00 bits per heavy atom. The SMILES string of the molecule is Cl.O=C(CSc1ccc(Cl)cc1)N1CCCNCC1. The van der Waals surface area contributed by atoms with Gasteiger partial charge in [-0.25, -0.2) is 0 Å². The van der Waals surface area contributed by atoms with Gasteiger partial charge in [-0.05, 0) is 37.2 Å². The number of nitrogens with zero attached hydrogens (tertiary/aromatic N) is 1. The number of benzene rings is 1. The molecule has 0 atom stereocenters. The van der Waals surface area contributed by atoms with Crippen LogP contribution in [-0.2, 0) is 4.79 Å². The van der Waals surface area contributed by atoms with E-state index in [9.17, 15) is 4.79 Å². The molecule has 1 heterocycles. The number of rotatable bonds is 3. The highest BCUT2D eigenvalue weighted by Gasteiger charge is 2.15.